The van der Waals surface area contributed by atoms with Gasteiger partial charge in [0, 0.05) is 39.0 Å². The fraction of sp³-hybridized carbons (Fsp3) is 0.900. The van der Waals surface area contributed by atoms with Gasteiger partial charge in [0.25, 0.3) is 0 Å². The van der Waals surface area contributed by atoms with Gasteiger partial charge in [-0.1, -0.05) is 0 Å². The lowest BCUT2D eigenvalue weighted by Gasteiger charge is -2.31. The molecule has 1 aliphatic rings. The molecule has 6 nitrogen and oxygen atoms in total. The largest absolute Gasteiger partial charge is 0.343 e. The van der Waals surface area contributed by atoms with Gasteiger partial charge in [-0.15, -0.1) is 0 Å². The van der Waals surface area contributed by atoms with E-state index in [1.807, 2.05) is 6.92 Å². The number of likely N-dealkylation sites (N-methyl/N-ethyl adjacent to an activating group) is 1. The van der Waals surface area contributed by atoms with Gasteiger partial charge in [0.1, 0.15) is 9.84 Å². The summed E-state index contributed by atoms with van der Waals surface area (Å²) in [6.07, 6.45) is 1.17. The van der Waals surface area contributed by atoms with Crippen LogP contribution in [0.2, 0.25) is 0 Å². The molecule has 0 aromatic carbocycles. The molecule has 2 N–H and O–H groups in total. The molecule has 2 unspecified atom stereocenters. The molecular formula is C10H21N3O3S. The summed E-state index contributed by atoms with van der Waals surface area (Å²) in [5, 5.41) is 6.36. The van der Waals surface area contributed by atoms with E-state index in [2.05, 4.69) is 10.6 Å². The van der Waals surface area contributed by atoms with E-state index in [4.69, 9.17) is 0 Å². The summed E-state index contributed by atoms with van der Waals surface area (Å²) < 4.78 is 22.0. The highest BCUT2D eigenvalue weighted by Crippen LogP contribution is 1.98. The van der Waals surface area contributed by atoms with Crippen LogP contribution in [-0.4, -0.2) is 70.0 Å². The Bertz CT molecular complexity index is 361. The van der Waals surface area contributed by atoms with Crippen molar-refractivity contribution in [3.8, 4) is 0 Å². The van der Waals surface area contributed by atoms with E-state index in [1.54, 1.807) is 7.05 Å². The van der Waals surface area contributed by atoms with Crippen LogP contribution in [0, 0.1) is 0 Å². The summed E-state index contributed by atoms with van der Waals surface area (Å²) in [5.74, 6) is -0.0562. The minimum Gasteiger partial charge on any atom is -0.343 e. The Labute approximate surface area is 103 Å². The average molecular weight is 263 g/mol. The number of rotatable bonds is 4. The predicted molar refractivity (Wildman–Crippen MR) is 66.6 cm³/mol. The molecule has 0 aromatic rings. The number of nitrogens with zero attached hydrogens (tertiary/aromatic N) is 1. The van der Waals surface area contributed by atoms with E-state index in [0.717, 1.165) is 6.54 Å². The molecule has 100 valence electrons. The lowest BCUT2D eigenvalue weighted by atomic mass is 10.1. The van der Waals surface area contributed by atoms with Crippen LogP contribution in [0.15, 0.2) is 0 Å². The molecule has 1 heterocycles. The molecule has 0 spiro atoms. The molecule has 2 atom stereocenters. The Morgan fingerprint density at radius 1 is 1.35 bits per heavy atom. The Morgan fingerprint density at radius 2 is 2.00 bits per heavy atom. The highest BCUT2D eigenvalue weighted by molar-refractivity contribution is 7.90. The van der Waals surface area contributed by atoms with E-state index in [9.17, 15) is 13.2 Å². The molecule has 1 amide bonds. The maximum atomic E-state index is 12.0. The van der Waals surface area contributed by atoms with Crippen molar-refractivity contribution in [1.82, 2.24) is 15.5 Å². The molecule has 0 aliphatic carbocycles. The number of carbonyl (C=O) groups is 1. The minimum absolute atomic E-state index is 0.00575. The van der Waals surface area contributed by atoms with Crippen molar-refractivity contribution in [2.75, 3.05) is 38.7 Å². The molecule has 17 heavy (non-hydrogen) atoms. The van der Waals surface area contributed by atoms with Gasteiger partial charge in [0.2, 0.25) is 5.91 Å². The van der Waals surface area contributed by atoms with Crippen molar-refractivity contribution in [2.45, 2.75) is 19.0 Å². The number of amides is 1. The van der Waals surface area contributed by atoms with Crippen LogP contribution < -0.4 is 10.6 Å². The first kappa shape index (κ1) is 14.4. The summed E-state index contributed by atoms with van der Waals surface area (Å²) in [5.41, 5.74) is 0. The third-order valence-electron chi connectivity index (χ3n) is 2.81. The second kappa shape index (κ2) is 5.79. The minimum atomic E-state index is -3.02. The zero-order valence-corrected chi connectivity index (χ0v) is 11.4. The molecule has 0 aromatic heterocycles. The quantitative estimate of drug-likeness (QED) is 0.641. The van der Waals surface area contributed by atoms with Crippen LogP contribution in [0.4, 0.5) is 0 Å². The number of hydrogen-bond acceptors (Lipinski definition) is 5. The standard InChI is InChI=1S/C10H21N3O3S/c1-8-6-12-9(7-11-8)10(14)13(2)4-5-17(3,15)16/h8-9,11-12H,4-7H2,1-3H3. The predicted octanol–water partition coefficient (Wildman–Crippen LogP) is -1.56. The Balaban J connectivity index is 2.41. The van der Waals surface area contributed by atoms with Crippen LogP contribution >= 0.6 is 0 Å². The molecular weight excluding hydrogens is 242 g/mol. The number of carbonyl (C=O) groups excluding carboxylic acids is 1. The first-order valence-corrected chi connectivity index (χ1v) is 7.75. The fourth-order valence-electron chi connectivity index (χ4n) is 1.64. The topological polar surface area (TPSA) is 78.5 Å². The van der Waals surface area contributed by atoms with Crippen LogP contribution in [-0.2, 0) is 14.6 Å². The molecule has 1 rings (SSSR count). The van der Waals surface area contributed by atoms with Crippen LogP contribution in [0.5, 0.6) is 0 Å². The number of hydrogen-bond donors (Lipinski definition) is 2. The van der Waals surface area contributed by atoms with Crippen molar-refractivity contribution in [3.05, 3.63) is 0 Å². The van der Waals surface area contributed by atoms with Gasteiger partial charge in [-0.3, -0.25) is 4.79 Å². The van der Waals surface area contributed by atoms with E-state index in [1.165, 1.54) is 11.2 Å². The second-order valence-corrected chi connectivity index (χ2v) is 6.92. The lowest BCUT2D eigenvalue weighted by molar-refractivity contribution is -0.132. The van der Waals surface area contributed by atoms with Crippen molar-refractivity contribution < 1.29 is 13.2 Å². The average Bonchev–Trinajstić information content (AvgIpc) is 2.25. The van der Waals surface area contributed by atoms with Gasteiger partial charge in [-0.2, -0.15) is 0 Å². The number of piperazine rings is 1. The van der Waals surface area contributed by atoms with Crippen LogP contribution in [0.1, 0.15) is 6.92 Å². The monoisotopic (exact) mass is 263 g/mol. The molecule has 1 saturated heterocycles. The zero-order chi connectivity index (χ0) is 13.1. The first-order valence-electron chi connectivity index (χ1n) is 5.69. The molecule has 1 aliphatic heterocycles. The molecule has 7 heteroatoms. The molecule has 1 fully saturated rings. The highest BCUT2D eigenvalue weighted by Gasteiger charge is 2.25. The van der Waals surface area contributed by atoms with Crippen LogP contribution in [0.25, 0.3) is 0 Å². The van der Waals surface area contributed by atoms with Gasteiger partial charge >= 0.3 is 0 Å². The maximum absolute atomic E-state index is 12.0. The first-order chi connectivity index (χ1) is 7.79. The fourth-order valence-corrected chi connectivity index (χ4v) is 2.24. The van der Waals surface area contributed by atoms with E-state index < -0.39 is 9.84 Å². The van der Waals surface area contributed by atoms with Gasteiger partial charge in [-0.25, -0.2) is 8.42 Å². The van der Waals surface area contributed by atoms with Crippen molar-refractivity contribution in [3.63, 3.8) is 0 Å². The Hall–Kier alpha value is -0.660. The van der Waals surface area contributed by atoms with Gasteiger partial charge in [0.05, 0.1) is 11.8 Å². The summed E-state index contributed by atoms with van der Waals surface area (Å²) in [7, 11) is -1.39. The van der Waals surface area contributed by atoms with Gasteiger partial charge in [-0.05, 0) is 6.92 Å². The van der Waals surface area contributed by atoms with Crippen LogP contribution in [0.3, 0.4) is 0 Å². The molecule has 0 radical (unpaired) electrons. The van der Waals surface area contributed by atoms with Crippen molar-refractivity contribution in [2.24, 2.45) is 0 Å². The Kier molecular flexibility index (Phi) is 4.91. The second-order valence-electron chi connectivity index (χ2n) is 4.66. The molecule has 0 bridgehead atoms. The summed E-state index contributed by atoms with van der Waals surface area (Å²) in [6.45, 7) is 3.62. The van der Waals surface area contributed by atoms with Gasteiger partial charge in [0.15, 0.2) is 0 Å². The summed E-state index contributed by atoms with van der Waals surface area (Å²) >= 11 is 0. The SMILES string of the molecule is CC1CNC(C(=O)N(C)CCS(C)(=O)=O)CN1. The Morgan fingerprint density at radius 3 is 2.47 bits per heavy atom. The smallest absolute Gasteiger partial charge is 0.240 e. The normalized spacial score (nSPS) is 25.6. The summed E-state index contributed by atoms with van der Waals surface area (Å²) in [4.78, 5) is 13.4. The van der Waals surface area contributed by atoms with Gasteiger partial charge < -0.3 is 15.5 Å². The third-order valence-corrected chi connectivity index (χ3v) is 3.74. The van der Waals surface area contributed by atoms with Crippen molar-refractivity contribution in [1.29, 1.82) is 0 Å². The van der Waals surface area contributed by atoms with Crippen molar-refractivity contribution >= 4 is 15.7 Å². The third kappa shape index (κ3) is 5.01. The number of nitrogens with one attached hydrogen (secondary N) is 2. The van der Waals surface area contributed by atoms with E-state index in [0.29, 0.717) is 12.6 Å². The summed E-state index contributed by atoms with van der Waals surface area (Å²) in [6, 6.07) is 0.108. The van der Waals surface area contributed by atoms with E-state index in [-0.39, 0.29) is 24.2 Å². The number of sulfone groups is 1. The lowest BCUT2D eigenvalue weighted by Crippen LogP contribution is -2.59. The zero-order valence-electron chi connectivity index (χ0n) is 10.6. The van der Waals surface area contributed by atoms with E-state index >= 15 is 0 Å². The highest BCUT2D eigenvalue weighted by atomic mass is 32.2. The maximum Gasteiger partial charge on any atom is 0.240 e. The molecule has 0 saturated carbocycles.